The standard InChI is InChI=1S/C25H22ClFN6O5S/c1-3-15-22(23(26)33(30-15)18-10-5-4-7-14(18)27)39(37,38)31-17-9-6-8-16-21(17)25(36)32(13(2)28-16)19-11-12-20(34)29-24(19)35/h4-10,19H,3,11-12H2,1-2H3,(H2-,29,31,34,35,36,37,38). The van der Waals surface area contributed by atoms with Gasteiger partial charge in [-0.1, -0.05) is 40.9 Å². The number of aromatic nitrogens is 4. The average Bonchev–Trinajstić information content (AvgIpc) is 3.22. The van der Waals surface area contributed by atoms with Crippen molar-refractivity contribution in [1.29, 1.82) is 0 Å². The number of fused-ring (bicyclic) bond motifs is 1. The van der Waals surface area contributed by atoms with Crippen LogP contribution in [0.25, 0.3) is 16.6 Å². The van der Waals surface area contributed by atoms with Crippen molar-refractivity contribution in [3.05, 3.63) is 75.3 Å². The molecule has 2 atom stereocenters. The van der Waals surface area contributed by atoms with Crippen LogP contribution in [0.2, 0.25) is 5.15 Å². The van der Waals surface area contributed by atoms with E-state index in [0.29, 0.717) is 0 Å². The minimum atomic E-state index is -4.45. The van der Waals surface area contributed by atoms with Crippen molar-refractivity contribution < 1.29 is 22.7 Å². The van der Waals surface area contributed by atoms with Crippen molar-refractivity contribution in [2.75, 3.05) is 4.72 Å². The zero-order chi connectivity index (χ0) is 28.1. The third kappa shape index (κ3) is 4.62. The first-order valence-corrected chi connectivity index (χ1v) is 13.8. The van der Waals surface area contributed by atoms with Crippen molar-refractivity contribution in [3.63, 3.8) is 0 Å². The number of hydrogen-bond acceptors (Lipinski definition) is 7. The Morgan fingerprint density at radius 2 is 1.95 bits per heavy atom. The maximum Gasteiger partial charge on any atom is 0.264 e. The van der Waals surface area contributed by atoms with Gasteiger partial charge in [-0.3, -0.25) is 24.3 Å². The molecule has 0 radical (unpaired) electrons. The lowest BCUT2D eigenvalue weighted by Gasteiger charge is -2.25. The number of nitrogens with zero attached hydrogens (tertiary/aromatic N) is 4. The number of para-hydroxylation sites is 1. The Kier molecular flexibility index (Phi) is 6.83. The molecule has 14 heteroatoms. The topological polar surface area (TPSA) is 151 Å². The Morgan fingerprint density at radius 3 is 2.64 bits per heavy atom. The Labute approximate surface area is 227 Å². The fourth-order valence-electron chi connectivity index (χ4n) is 4.64. The van der Waals surface area contributed by atoms with Crippen LogP contribution in [0.1, 0.15) is 37.3 Å². The number of hydrogen-bond donors (Lipinski definition) is 2. The third-order valence-electron chi connectivity index (χ3n) is 6.41. The number of imide groups is 1. The highest BCUT2D eigenvalue weighted by Gasteiger charge is 2.35. The smallest absolute Gasteiger partial charge is 0.264 e. The minimum Gasteiger partial charge on any atom is -0.588 e. The van der Waals surface area contributed by atoms with Gasteiger partial charge >= 0.3 is 0 Å². The molecule has 11 nitrogen and oxygen atoms in total. The second-order valence-corrected chi connectivity index (χ2v) is 10.9. The number of carbonyl (C=O) groups is 2. The Morgan fingerprint density at radius 1 is 1.21 bits per heavy atom. The maximum atomic E-state index is 14.5. The number of amides is 2. The molecule has 0 saturated carbocycles. The van der Waals surface area contributed by atoms with Gasteiger partial charge < -0.3 is 4.55 Å². The van der Waals surface area contributed by atoms with Gasteiger partial charge in [-0.05, 0) is 44.0 Å². The van der Waals surface area contributed by atoms with Crippen LogP contribution in [-0.2, 0) is 30.6 Å². The number of carbonyl (C=O) groups excluding carboxylic acids is 2. The lowest BCUT2D eigenvalue weighted by molar-refractivity contribution is -0.135. The first kappa shape index (κ1) is 26.7. The van der Waals surface area contributed by atoms with Gasteiger partial charge in [0.1, 0.15) is 29.1 Å². The van der Waals surface area contributed by atoms with Gasteiger partial charge in [0.25, 0.3) is 5.56 Å². The largest absolute Gasteiger partial charge is 0.588 e. The van der Waals surface area contributed by atoms with Crippen LogP contribution < -0.4 is 15.6 Å². The predicted octanol–water partition coefficient (Wildman–Crippen LogP) is 3.24. The molecule has 0 spiro atoms. The van der Waals surface area contributed by atoms with Crippen molar-refractivity contribution in [2.24, 2.45) is 0 Å². The van der Waals surface area contributed by atoms with Crippen molar-refractivity contribution >= 4 is 50.4 Å². The molecular formula is C25H22ClFN6O5S. The summed E-state index contributed by atoms with van der Waals surface area (Å²) in [5, 5.41) is 6.03. The van der Waals surface area contributed by atoms with Gasteiger partial charge in [0.05, 0.1) is 16.6 Å². The number of rotatable bonds is 6. The summed E-state index contributed by atoms with van der Waals surface area (Å²) >= 11 is 6.45. The monoisotopic (exact) mass is 572 g/mol. The molecule has 2 unspecified atom stereocenters. The highest BCUT2D eigenvalue weighted by molar-refractivity contribution is 7.99. The molecule has 1 fully saturated rings. The van der Waals surface area contributed by atoms with Crippen molar-refractivity contribution in [2.45, 2.75) is 44.0 Å². The van der Waals surface area contributed by atoms with Crippen molar-refractivity contribution in [3.8, 4) is 5.69 Å². The lowest BCUT2D eigenvalue weighted by atomic mass is 10.1. The molecule has 2 N–H and O–H groups in total. The second-order valence-electron chi connectivity index (χ2n) is 8.89. The summed E-state index contributed by atoms with van der Waals surface area (Å²) in [5.74, 6) is -1.50. The van der Waals surface area contributed by atoms with Crippen LogP contribution in [0.3, 0.4) is 0 Å². The van der Waals surface area contributed by atoms with E-state index in [-0.39, 0.29) is 63.1 Å². The Hall–Kier alpha value is -3.94. The molecule has 0 aliphatic carbocycles. The number of sulfonamides is 1. The molecular weight excluding hydrogens is 551 g/mol. The summed E-state index contributed by atoms with van der Waals surface area (Å²) in [4.78, 5) is 41.9. The SMILES string of the molecule is CCc1nn(-c2ccccc2F)c(Cl)c1[S+](=O)([O-])Nc1cccc2nc(C)n(C3CCC(=O)NC3=O)c(=O)c12. The van der Waals surface area contributed by atoms with Gasteiger partial charge in [0, 0.05) is 6.42 Å². The fraction of sp³-hybridized carbons (Fsp3) is 0.240. The van der Waals surface area contributed by atoms with Gasteiger partial charge in [0.15, 0.2) is 15.6 Å². The summed E-state index contributed by atoms with van der Waals surface area (Å²) in [6, 6.07) is 9.11. The molecule has 2 aromatic heterocycles. The summed E-state index contributed by atoms with van der Waals surface area (Å²) in [6.45, 7) is 3.22. The second kappa shape index (κ2) is 9.98. The predicted molar refractivity (Wildman–Crippen MR) is 141 cm³/mol. The molecule has 3 heterocycles. The van der Waals surface area contributed by atoms with Crippen molar-refractivity contribution in [1.82, 2.24) is 24.6 Å². The molecule has 0 bridgehead atoms. The van der Waals surface area contributed by atoms with Gasteiger partial charge in [0.2, 0.25) is 16.7 Å². The molecule has 1 aliphatic rings. The fourth-order valence-corrected chi connectivity index (χ4v) is 6.54. The normalized spacial score (nSPS) is 17.2. The summed E-state index contributed by atoms with van der Waals surface area (Å²) < 4.78 is 46.3. The maximum absolute atomic E-state index is 14.5. The molecule has 2 amide bonds. The number of nitrogens with one attached hydrogen (secondary N) is 2. The van der Waals surface area contributed by atoms with Crippen LogP contribution >= 0.6 is 11.6 Å². The van der Waals surface area contributed by atoms with Crippen LogP contribution in [0.4, 0.5) is 10.1 Å². The summed E-state index contributed by atoms with van der Waals surface area (Å²) in [6.07, 6.45) is 0.298. The zero-order valence-electron chi connectivity index (χ0n) is 20.7. The Bertz CT molecular complexity index is 1770. The van der Waals surface area contributed by atoms with E-state index in [1.807, 2.05) is 0 Å². The first-order valence-electron chi connectivity index (χ1n) is 11.9. The quantitative estimate of drug-likeness (QED) is 0.266. The molecule has 4 aromatic rings. The van der Waals surface area contributed by atoms with Gasteiger partial charge in [-0.25, -0.2) is 18.8 Å². The van der Waals surface area contributed by atoms with Crippen LogP contribution in [0.15, 0.2) is 52.2 Å². The van der Waals surface area contributed by atoms with Gasteiger partial charge in [-0.2, -0.15) is 5.10 Å². The minimum absolute atomic E-state index is 0.0318. The average molecular weight is 573 g/mol. The number of halogens is 2. The molecule has 2 aromatic carbocycles. The summed E-state index contributed by atoms with van der Waals surface area (Å²) in [5.41, 5.74) is -0.497. The third-order valence-corrected chi connectivity index (χ3v) is 8.33. The van der Waals surface area contributed by atoms with Crippen LogP contribution in [0, 0.1) is 12.7 Å². The zero-order valence-corrected chi connectivity index (χ0v) is 22.3. The summed E-state index contributed by atoms with van der Waals surface area (Å²) in [7, 11) is -4.45. The van der Waals surface area contributed by atoms with E-state index in [9.17, 15) is 27.5 Å². The molecule has 5 rings (SSSR count). The van der Waals surface area contributed by atoms with E-state index in [1.165, 1.54) is 36.4 Å². The highest BCUT2D eigenvalue weighted by Crippen LogP contribution is 2.34. The highest BCUT2D eigenvalue weighted by atomic mass is 35.5. The van der Waals surface area contributed by atoms with Crippen LogP contribution in [0.5, 0.6) is 0 Å². The first-order chi connectivity index (χ1) is 18.5. The van der Waals surface area contributed by atoms with E-state index in [2.05, 4.69) is 20.1 Å². The number of anilines is 1. The van der Waals surface area contributed by atoms with E-state index >= 15 is 0 Å². The van der Waals surface area contributed by atoms with E-state index in [1.54, 1.807) is 19.9 Å². The molecule has 1 saturated heterocycles. The number of benzene rings is 2. The van der Waals surface area contributed by atoms with Crippen LogP contribution in [-0.4, -0.2) is 35.7 Å². The van der Waals surface area contributed by atoms with E-state index < -0.39 is 39.6 Å². The van der Waals surface area contributed by atoms with Gasteiger partial charge in [-0.15, -0.1) is 0 Å². The van der Waals surface area contributed by atoms with E-state index in [0.717, 1.165) is 9.25 Å². The molecule has 39 heavy (non-hydrogen) atoms. The lowest BCUT2D eigenvalue weighted by Crippen LogP contribution is -2.45. The molecule has 202 valence electrons. The number of aryl methyl sites for hydroxylation is 2. The Balaban J connectivity index is 1.63. The number of piperidine rings is 1. The molecule has 1 aliphatic heterocycles. The van der Waals surface area contributed by atoms with E-state index in [4.69, 9.17) is 11.6 Å².